The SMILES string of the molecule is C=CCOc1ccc(N)cc1C(=O)NC1CC1. The first-order valence-electron chi connectivity index (χ1n) is 5.65. The Bertz CT molecular complexity index is 439. The molecule has 1 aromatic rings. The van der Waals surface area contributed by atoms with Crippen molar-refractivity contribution in [2.24, 2.45) is 0 Å². The number of hydrogen-bond acceptors (Lipinski definition) is 3. The first kappa shape index (κ1) is 11.5. The van der Waals surface area contributed by atoms with Gasteiger partial charge in [0.15, 0.2) is 0 Å². The smallest absolute Gasteiger partial charge is 0.255 e. The second-order valence-electron chi connectivity index (χ2n) is 4.10. The fraction of sp³-hybridized carbons (Fsp3) is 0.308. The second kappa shape index (κ2) is 4.91. The molecule has 0 radical (unpaired) electrons. The highest BCUT2D eigenvalue weighted by Gasteiger charge is 2.25. The minimum atomic E-state index is -0.126. The van der Waals surface area contributed by atoms with Crippen LogP contribution >= 0.6 is 0 Å². The van der Waals surface area contributed by atoms with Crippen molar-refractivity contribution in [3.63, 3.8) is 0 Å². The molecule has 1 aromatic carbocycles. The number of amides is 1. The summed E-state index contributed by atoms with van der Waals surface area (Å²) in [4.78, 5) is 12.0. The second-order valence-corrected chi connectivity index (χ2v) is 4.10. The van der Waals surface area contributed by atoms with Gasteiger partial charge in [-0.2, -0.15) is 0 Å². The Morgan fingerprint density at radius 1 is 1.59 bits per heavy atom. The summed E-state index contributed by atoms with van der Waals surface area (Å²) in [6.45, 7) is 3.94. The lowest BCUT2D eigenvalue weighted by atomic mass is 10.1. The number of ether oxygens (including phenoxy) is 1. The molecule has 0 bridgehead atoms. The van der Waals surface area contributed by atoms with Crippen molar-refractivity contribution in [3.8, 4) is 5.75 Å². The molecule has 0 unspecified atom stereocenters. The van der Waals surface area contributed by atoms with Crippen molar-refractivity contribution >= 4 is 11.6 Å². The molecule has 0 spiro atoms. The molecule has 2 rings (SSSR count). The molecule has 1 amide bonds. The molecule has 1 aliphatic carbocycles. The van der Waals surface area contributed by atoms with E-state index in [0.29, 0.717) is 29.6 Å². The maximum Gasteiger partial charge on any atom is 0.255 e. The monoisotopic (exact) mass is 232 g/mol. The van der Waals surface area contributed by atoms with Crippen LogP contribution < -0.4 is 15.8 Å². The molecule has 4 nitrogen and oxygen atoms in total. The summed E-state index contributed by atoms with van der Waals surface area (Å²) in [5.41, 5.74) is 6.72. The Morgan fingerprint density at radius 2 is 2.35 bits per heavy atom. The molecular weight excluding hydrogens is 216 g/mol. The number of nitrogens with two attached hydrogens (primary N) is 1. The topological polar surface area (TPSA) is 64.3 Å². The average molecular weight is 232 g/mol. The van der Waals surface area contributed by atoms with Crippen molar-refractivity contribution in [3.05, 3.63) is 36.4 Å². The van der Waals surface area contributed by atoms with Crippen LogP contribution in [0.1, 0.15) is 23.2 Å². The number of carbonyl (C=O) groups excluding carboxylic acids is 1. The highest BCUT2D eigenvalue weighted by Crippen LogP contribution is 2.24. The van der Waals surface area contributed by atoms with Crippen LogP contribution in [0.4, 0.5) is 5.69 Å². The van der Waals surface area contributed by atoms with Crippen molar-refractivity contribution < 1.29 is 9.53 Å². The van der Waals surface area contributed by atoms with Crippen molar-refractivity contribution in [2.45, 2.75) is 18.9 Å². The molecule has 1 aliphatic rings. The normalized spacial score (nSPS) is 14.1. The molecule has 0 heterocycles. The van der Waals surface area contributed by atoms with Crippen LogP contribution in [0.15, 0.2) is 30.9 Å². The van der Waals surface area contributed by atoms with Crippen LogP contribution in [0.3, 0.4) is 0 Å². The van der Waals surface area contributed by atoms with E-state index in [1.807, 2.05) is 0 Å². The minimum absolute atomic E-state index is 0.126. The van der Waals surface area contributed by atoms with E-state index in [-0.39, 0.29) is 5.91 Å². The third-order valence-electron chi connectivity index (χ3n) is 2.52. The van der Waals surface area contributed by atoms with Crippen LogP contribution in [0.2, 0.25) is 0 Å². The number of hydrogen-bond donors (Lipinski definition) is 2. The van der Waals surface area contributed by atoms with E-state index in [1.165, 1.54) is 0 Å². The van der Waals surface area contributed by atoms with Gasteiger partial charge in [-0.15, -0.1) is 0 Å². The third-order valence-corrected chi connectivity index (χ3v) is 2.52. The summed E-state index contributed by atoms with van der Waals surface area (Å²) in [6, 6.07) is 5.37. The van der Waals surface area contributed by atoms with E-state index in [1.54, 1.807) is 24.3 Å². The number of anilines is 1. The first-order valence-corrected chi connectivity index (χ1v) is 5.65. The van der Waals surface area contributed by atoms with E-state index >= 15 is 0 Å². The van der Waals surface area contributed by atoms with E-state index in [4.69, 9.17) is 10.5 Å². The van der Waals surface area contributed by atoms with Gasteiger partial charge in [0.25, 0.3) is 5.91 Å². The predicted molar refractivity (Wildman–Crippen MR) is 67.0 cm³/mol. The molecule has 17 heavy (non-hydrogen) atoms. The van der Waals surface area contributed by atoms with Gasteiger partial charge in [0.05, 0.1) is 5.56 Å². The number of benzene rings is 1. The van der Waals surface area contributed by atoms with Gasteiger partial charge in [-0.1, -0.05) is 12.7 Å². The van der Waals surface area contributed by atoms with Gasteiger partial charge in [-0.05, 0) is 31.0 Å². The zero-order valence-electron chi connectivity index (χ0n) is 9.61. The largest absolute Gasteiger partial charge is 0.489 e. The Kier molecular flexibility index (Phi) is 3.32. The molecule has 0 saturated heterocycles. The maximum atomic E-state index is 12.0. The van der Waals surface area contributed by atoms with Gasteiger partial charge in [0.1, 0.15) is 12.4 Å². The average Bonchev–Trinajstić information content (AvgIpc) is 3.11. The predicted octanol–water partition coefficient (Wildman–Crippen LogP) is 1.73. The molecule has 90 valence electrons. The Balaban J connectivity index is 2.18. The number of carbonyl (C=O) groups is 1. The van der Waals surface area contributed by atoms with Gasteiger partial charge in [0, 0.05) is 11.7 Å². The van der Waals surface area contributed by atoms with Crippen LogP contribution in [0, 0.1) is 0 Å². The fourth-order valence-electron chi connectivity index (χ4n) is 1.49. The standard InChI is InChI=1S/C13H16N2O2/c1-2-7-17-12-6-3-9(14)8-11(12)13(16)15-10-4-5-10/h2-3,6,8,10H,1,4-5,7,14H2,(H,15,16). The zero-order valence-corrected chi connectivity index (χ0v) is 9.61. The summed E-state index contributed by atoms with van der Waals surface area (Å²) < 4.78 is 5.43. The van der Waals surface area contributed by atoms with Gasteiger partial charge < -0.3 is 15.8 Å². The summed E-state index contributed by atoms with van der Waals surface area (Å²) in [6.07, 6.45) is 3.74. The summed E-state index contributed by atoms with van der Waals surface area (Å²) in [7, 11) is 0. The van der Waals surface area contributed by atoms with Crippen LogP contribution in [-0.2, 0) is 0 Å². The highest BCUT2D eigenvalue weighted by molar-refractivity contribution is 5.98. The number of rotatable bonds is 5. The van der Waals surface area contributed by atoms with Crippen LogP contribution in [0.5, 0.6) is 5.75 Å². The number of nitrogen functional groups attached to an aromatic ring is 1. The summed E-state index contributed by atoms with van der Waals surface area (Å²) in [5.74, 6) is 0.413. The van der Waals surface area contributed by atoms with E-state index in [0.717, 1.165) is 12.8 Å². The van der Waals surface area contributed by atoms with Gasteiger partial charge in [-0.3, -0.25) is 4.79 Å². The van der Waals surface area contributed by atoms with Crippen molar-refractivity contribution in [2.75, 3.05) is 12.3 Å². The fourth-order valence-corrected chi connectivity index (χ4v) is 1.49. The zero-order chi connectivity index (χ0) is 12.3. The molecule has 4 heteroatoms. The van der Waals surface area contributed by atoms with E-state index in [2.05, 4.69) is 11.9 Å². The highest BCUT2D eigenvalue weighted by atomic mass is 16.5. The number of nitrogens with one attached hydrogen (secondary N) is 1. The quantitative estimate of drug-likeness (QED) is 0.600. The van der Waals surface area contributed by atoms with Crippen LogP contribution in [-0.4, -0.2) is 18.6 Å². The summed E-state index contributed by atoms with van der Waals surface area (Å²) >= 11 is 0. The molecular formula is C13H16N2O2. The van der Waals surface area contributed by atoms with Gasteiger partial charge in [0.2, 0.25) is 0 Å². The molecule has 0 atom stereocenters. The Hall–Kier alpha value is -1.97. The first-order chi connectivity index (χ1) is 8.20. The molecule has 0 aromatic heterocycles. The lowest BCUT2D eigenvalue weighted by Crippen LogP contribution is -2.26. The molecule has 1 saturated carbocycles. The van der Waals surface area contributed by atoms with E-state index in [9.17, 15) is 4.79 Å². The summed E-state index contributed by atoms with van der Waals surface area (Å²) in [5, 5.41) is 2.91. The van der Waals surface area contributed by atoms with Gasteiger partial charge >= 0.3 is 0 Å². The molecule has 1 fully saturated rings. The Labute approximate surface area is 100 Å². The Morgan fingerprint density at radius 3 is 3.00 bits per heavy atom. The maximum absolute atomic E-state index is 12.0. The lowest BCUT2D eigenvalue weighted by molar-refractivity contribution is 0.0947. The minimum Gasteiger partial charge on any atom is -0.489 e. The van der Waals surface area contributed by atoms with Gasteiger partial charge in [-0.25, -0.2) is 0 Å². The lowest BCUT2D eigenvalue weighted by Gasteiger charge is -2.11. The van der Waals surface area contributed by atoms with Crippen LogP contribution in [0.25, 0.3) is 0 Å². The molecule has 0 aliphatic heterocycles. The van der Waals surface area contributed by atoms with Crippen molar-refractivity contribution in [1.29, 1.82) is 0 Å². The third kappa shape index (κ3) is 3.00. The van der Waals surface area contributed by atoms with Crippen molar-refractivity contribution in [1.82, 2.24) is 5.32 Å². The van der Waals surface area contributed by atoms with E-state index < -0.39 is 0 Å². The molecule has 3 N–H and O–H groups in total.